The maximum absolute atomic E-state index is 4.87. The van der Waals surface area contributed by atoms with Crippen molar-refractivity contribution in [3.8, 4) is 0 Å². The van der Waals surface area contributed by atoms with Crippen molar-refractivity contribution in [2.24, 2.45) is 4.99 Å². The van der Waals surface area contributed by atoms with Gasteiger partial charge in [0.15, 0.2) is 5.17 Å². The van der Waals surface area contributed by atoms with Gasteiger partial charge >= 0.3 is 0 Å². The Morgan fingerprint density at radius 1 is 1.50 bits per heavy atom. The molecule has 0 aromatic heterocycles. The number of nitrogens with zero attached hydrogens (tertiary/aromatic N) is 2. The van der Waals surface area contributed by atoms with Crippen LogP contribution < -0.4 is 5.32 Å². The molecule has 2 rings (SSSR count). The Bertz CT molecular complexity index is 255. The largest absolute Gasteiger partial charge is 0.362 e. The molecule has 0 spiro atoms. The first-order valence-corrected chi connectivity index (χ1v) is 7.46. The van der Waals surface area contributed by atoms with E-state index in [-0.39, 0.29) is 0 Å². The second-order valence-corrected chi connectivity index (χ2v) is 5.89. The number of likely N-dealkylation sites (tertiary alicyclic amines) is 1. The zero-order valence-corrected chi connectivity index (χ0v) is 11.2. The van der Waals surface area contributed by atoms with Crippen LogP contribution in [0.4, 0.5) is 0 Å². The molecule has 0 bridgehead atoms. The number of hydrogen-bond acceptors (Lipinski definition) is 3. The molecule has 92 valence electrons. The number of likely N-dealkylation sites (N-methyl/N-ethyl adjacent to an activating group) is 1. The van der Waals surface area contributed by atoms with Gasteiger partial charge in [-0.1, -0.05) is 18.7 Å². The Labute approximate surface area is 103 Å². The van der Waals surface area contributed by atoms with E-state index in [9.17, 15) is 0 Å². The molecule has 0 amide bonds. The van der Waals surface area contributed by atoms with Crippen LogP contribution in [0.1, 0.15) is 33.1 Å². The third-order valence-electron chi connectivity index (χ3n) is 3.39. The fourth-order valence-electron chi connectivity index (χ4n) is 2.32. The van der Waals surface area contributed by atoms with Gasteiger partial charge in [0.2, 0.25) is 0 Å². The first-order valence-electron chi connectivity index (χ1n) is 6.47. The summed E-state index contributed by atoms with van der Waals surface area (Å²) in [5.41, 5.74) is 0. The van der Waals surface area contributed by atoms with E-state index in [0.717, 1.165) is 6.54 Å². The number of amidine groups is 1. The molecule has 2 heterocycles. The van der Waals surface area contributed by atoms with Gasteiger partial charge in [-0.25, -0.2) is 0 Å². The first kappa shape index (κ1) is 12.2. The number of piperidine rings is 1. The van der Waals surface area contributed by atoms with Crippen molar-refractivity contribution in [1.82, 2.24) is 10.2 Å². The molecule has 4 heteroatoms. The van der Waals surface area contributed by atoms with Crippen LogP contribution in [0.3, 0.4) is 0 Å². The second kappa shape index (κ2) is 5.92. The van der Waals surface area contributed by atoms with Crippen LogP contribution in [0.15, 0.2) is 4.99 Å². The van der Waals surface area contributed by atoms with Gasteiger partial charge in [0, 0.05) is 18.3 Å². The Hall–Kier alpha value is -0.220. The smallest absolute Gasteiger partial charge is 0.157 e. The Morgan fingerprint density at radius 2 is 2.38 bits per heavy atom. The summed E-state index contributed by atoms with van der Waals surface area (Å²) in [6.45, 7) is 8.06. The Balaban J connectivity index is 1.89. The zero-order chi connectivity index (χ0) is 11.4. The van der Waals surface area contributed by atoms with Crippen LogP contribution in [-0.4, -0.2) is 47.5 Å². The van der Waals surface area contributed by atoms with Crippen LogP contribution in [0.5, 0.6) is 0 Å². The van der Waals surface area contributed by atoms with Gasteiger partial charge in [-0.3, -0.25) is 4.99 Å². The molecule has 0 aliphatic carbocycles. The minimum atomic E-state index is 0.522. The maximum Gasteiger partial charge on any atom is 0.157 e. The number of aliphatic imine (C=N–C) groups is 1. The molecule has 0 saturated carbocycles. The first-order chi connectivity index (χ1) is 7.78. The van der Waals surface area contributed by atoms with Crippen molar-refractivity contribution in [2.75, 3.05) is 25.4 Å². The van der Waals surface area contributed by atoms with Crippen LogP contribution in [-0.2, 0) is 0 Å². The average Bonchev–Trinajstić information content (AvgIpc) is 2.29. The summed E-state index contributed by atoms with van der Waals surface area (Å²) in [4.78, 5) is 7.38. The summed E-state index contributed by atoms with van der Waals surface area (Å²) < 4.78 is 0. The number of rotatable bonds is 2. The average molecular weight is 241 g/mol. The van der Waals surface area contributed by atoms with E-state index in [2.05, 4.69) is 24.1 Å². The Morgan fingerprint density at radius 3 is 3.12 bits per heavy atom. The highest BCUT2D eigenvalue weighted by Crippen LogP contribution is 2.18. The predicted octanol–water partition coefficient (Wildman–Crippen LogP) is 1.94. The fraction of sp³-hybridized carbons (Fsp3) is 0.917. The summed E-state index contributed by atoms with van der Waals surface area (Å²) in [7, 11) is 0. The highest BCUT2D eigenvalue weighted by molar-refractivity contribution is 8.13. The lowest BCUT2D eigenvalue weighted by atomic mass is 10.1. The summed E-state index contributed by atoms with van der Waals surface area (Å²) >= 11 is 1.89. The normalized spacial score (nSPS) is 35.0. The molecular weight excluding hydrogens is 218 g/mol. The molecule has 16 heavy (non-hydrogen) atoms. The van der Waals surface area contributed by atoms with E-state index in [0.29, 0.717) is 12.1 Å². The topological polar surface area (TPSA) is 27.6 Å². The lowest BCUT2D eigenvalue weighted by molar-refractivity contribution is 0.220. The molecule has 3 nitrogen and oxygen atoms in total. The monoisotopic (exact) mass is 241 g/mol. The molecule has 1 N–H and O–H groups in total. The minimum absolute atomic E-state index is 0.522. The highest BCUT2D eigenvalue weighted by Gasteiger charge is 2.20. The summed E-state index contributed by atoms with van der Waals surface area (Å²) in [6.07, 6.45) is 3.82. The third-order valence-corrected chi connectivity index (χ3v) is 4.32. The molecule has 0 aromatic rings. The highest BCUT2D eigenvalue weighted by atomic mass is 32.2. The summed E-state index contributed by atoms with van der Waals surface area (Å²) in [5, 5.41) is 4.67. The SMILES string of the molecule is CCN1CCCC(N=C2NC(C)CCS2)C1. The van der Waals surface area contributed by atoms with E-state index in [1.807, 2.05) is 11.8 Å². The molecule has 2 unspecified atom stereocenters. The van der Waals surface area contributed by atoms with Gasteiger partial charge in [0.1, 0.15) is 0 Å². The van der Waals surface area contributed by atoms with Crippen LogP contribution in [0, 0.1) is 0 Å². The van der Waals surface area contributed by atoms with Crippen molar-refractivity contribution < 1.29 is 0 Å². The van der Waals surface area contributed by atoms with Gasteiger partial charge in [-0.15, -0.1) is 0 Å². The molecule has 2 saturated heterocycles. The van der Waals surface area contributed by atoms with Gasteiger partial charge < -0.3 is 10.2 Å². The van der Waals surface area contributed by atoms with Crippen molar-refractivity contribution in [3.05, 3.63) is 0 Å². The third kappa shape index (κ3) is 3.39. The quantitative estimate of drug-likeness (QED) is 0.801. The van der Waals surface area contributed by atoms with Gasteiger partial charge in [0.05, 0.1) is 6.04 Å². The molecule has 2 aliphatic rings. The van der Waals surface area contributed by atoms with Crippen LogP contribution >= 0.6 is 11.8 Å². The van der Waals surface area contributed by atoms with Crippen LogP contribution in [0.25, 0.3) is 0 Å². The molecule has 2 fully saturated rings. The van der Waals surface area contributed by atoms with E-state index in [1.165, 1.54) is 43.3 Å². The number of nitrogens with one attached hydrogen (secondary N) is 1. The lowest BCUT2D eigenvalue weighted by Crippen LogP contribution is -2.40. The predicted molar refractivity (Wildman–Crippen MR) is 72.2 cm³/mol. The zero-order valence-electron chi connectivity index (χ0n) is 10.4. The molecular formula is C12H23N3S. The molecule has 2 atom stereocenters. The fourth-order valence-corrected chi connectivity index (χ4v) is 3.49. The number of hydrogen-bond donors (Lipinski definition) is 1. The van der Waals surface area contributed by atoms with Crippen LogP contribution in [0.2, 0.25) is 0 Å². The minimum Gasteiger partial charge on any atom is -0.362 e. The van der Waals surface area contributed by atoms with E-state index in [4.69, 9.17) is 4.99 Å². The van der Waals surface area contributed by atoms with Crippen molar-refractivity contribution in [2.45, 2.75) is 45.2 Å². The van der Waals surface area contributed by atoms with Crippen molar-refractivity contribution in [3.63, 3.8) is 0 Å². The maximum atomic E-state index is 4.87. The standard InChI is InChI=1S/C12H23N3S/c1-3-15-7-4-5-11(9-15)14-12-13-10(2)6-8-16-12/h10-11H,3-9H2,1-2H3,(H,13,14). The summed E-state index contributed by atoms with van der Waals surface area (Å²) in [5.74, 6) is 1.22. The van der Waals surface area contributed by atoms with Gasteiger partial charge in [-0.05, 0) is 39.3 Å². The second-order valence-electron chi connectivity index (χ2n) is 4.81. The molecule has 2 aliphatic heterocycles. The van der Waals surface area contributed by atoms with E-state index in [1.54, 1.807) is 0 Å². The van der Waals surface area contributed by atoms with Crippen molar-refractivity contribution in [1.29, 1.82) is 0 Å². The lowest BCUT2D eigenvalue weighted by Gasteiger charge is -2.31. The molecule has 0 radical (unpaired) electrons. The van der Waals surface area contributed by atoms with Crippen molar-refractivity contribution >= 4 is 16.9 Å². The van der Waals surface area contributed by atoms with Gasteiger partial charge in [0.25, 0.3) is 0 Å². The number of thioether (sulfide) groups is 1. The van der Waals surface area contributed by atoms with Gasteiger partial charge in [-0.2, -0.15) is 0 Å². The Kier molecular flexibility index (Phi) is 4.53. The van der Waals surface area contributed by atoms with E-state index < -0.39 is 0 Å². The van der Waals surface area contributed by atoms with E-state index >= 15 is 0 Å². The summed E-state index contributed by atoms with van der Waals surface area (Å²) in [6, 6.07) is 1.12. The molecule has 0 aromatic carbocycles.